The highest BCUT2D eigenvalue weighted by atomic mass is 15.2. The molecule has 0 radical (unpaired) electrons. The summed E-state index contributed by atoms with van der Waals surface area (Å²) in [6, 6.07) is 89.9. The van der Waals surface area contributed by atoms with Gasteiger partial charge in [0.2, 0.25) is 0 Å². The van der Waals surface area contributed by atoms with Crippen molar-refractivity contribution < 1.29 is 0 Å². The summed E-state index contributed by atoms with van der Waals surface area (Å²) in [4.78, 5) is 5.20. The normalized spacial score (nSPS) is 11.6. The van der Waals surface area contributed by atoms with Crippen molar-refractivity contribution in [2.24, 2.45) is 0 Å². The molecule has 0 spiro atoms. The quantitative estimate of drug-likeness (QED) is 0.113. The van der Waals surface area contributed by atoms with E-state index in [0.29, 0.717) is 0 Å². The van der Waals surface area contributed by atoms with E-state index in [2.05, 4.69) is 294 Å². The first-order valence-corrected chi connectivity index (χ1v) is 26.2. The monoisotopic (exact) mass is 952 g/mol. The van der Waals surface area contributed by atoms with Gasteiger partial charge in [-0.2, -0.15) is 0 Å². The molecule has 0 aliphatic heterocycles. The van der Waals surface area contributed by atoms with Crippen molar-refractivity contribution in [3.8, 4) is 44.5 Å². The third-order valence-electron chi connectivity index (χ3n) is 15.2. The fraction of sp³-hybridized carbons (Fsp3) is 0.111. The molecule has 0 unspecified atom stereocenters. The number of nitrogens with zero attached hydrogens (tertiary/aromatic N) is 2. The van der Waals surface area contributed by atoms with Crippen LogP contribution in [0.5, 0.6) is 0 Å². The Morgan fingerprint density at radius 1 is 0.270 bits per heavy atom. The van der Waals surface area contributed by atoms with Gasteiger partial charge < -0.3 is 9.80 Å². The number of benzene rings is 12. The Labute approximate surface area is 436 Å². The lowest BCUT2D eigenvalue weighted by Crippen LogP contribution is -2.16. The summed E-state index contributed by atoms with van der Waals surface area (Å²) >= 11 is 0. The van der Waals surface area contributed by atoms with E-state index in [0.717, 1.165) is 11.4 Å². The largest absolute Gasteiger partial charge is 0.308 e. The molecule has 0 atom stereocenters. The molecule has 0 saturated carbocycles. The van der Waals surface area contributed by atoms with E-state index in [9.17, 15) is 0 Å². The molecular weight excluding hydrogens is 893 g/mol. The van der Waals surface area contributed by atoms with Crippen LogP contribution in [0.15, 0.2) is 243 Å². The first kappa shape index (κ1) is 46.4. The zero-order chi connectivity index (χ0) is 50.5. The van der Waals surface area contributed by atoms with E-state index >= 15 is 0 Å². The Balaban J connectivity index is 1.24. The summed E-state index contributed by atoms with van der Waals surface area (Å²) < 4.78 is 0. The fourth-order valence-corrected chi connectivity index (χ4v) is 11.7. The average Bonchev–Trinajstić information content (AvgIpc) is 3.46. The molecule has 0 aromatic heterocycles. The van der Waals surface area contributed by atoms with Crippen molar-refractivity contribution in [1.82, 2.24) is 0 Å². The molecule has 12 aromatic carbocycles. The highest BCUT2D eigenvalue weighted by Crippen LogP contribution is 2.55. The molecule has 0 bridgehead atoms. The van der Waals surface area contributed by atoms with Crippen LogP contribution in [0.2, 0.25) is 0 Å². The molecule has 12 aromatic rings. The Morgan fingerprint density at radius 3 is 0.919 bits per heavy atom. The molecule has 0 amide bonds. The maximum Gasteiger partial charge on any atom is 0.0569 e. The molecule has 12 rings (SSSR count). The SMILES string of the molecule is Cc1cccc(-c2ccccc2)c1N(c1ccccc1-c1ccccc1)c1cc(C(C)C)c2ccc3c(N(c4ccccc4-c4ccccc4)c4c(C)cccc4-c4ccccc4)cc(C(C)C)c4ccc1c2c43. The van der Waals surface area contributed by atoms with Crippen molar-refractivity contribution in [2.75, 3.05) is 9.80 Å². The van der Waals surface area contributed by atoms with Crippen LogP contribution < -0.4 is 9.80 Å². The van der Waals surface area contributed by atoms with Crippen molar-refractivity contribution in [3.63, 3.8) is 0 Å². The second-order valence-electron chi connectivity index (χ2n) is 20.5. The van der Waals surface area contributed by atoms with Gasteiger partial charge in [0.15, 0.2) is 0 Å². The minimum Gasteiger partial charge on any atom is -0.308 e. The van der Waals surface area contributed by atoms with Crippen LogP contribution in [0, 0.1) is 13.8 Å². The Morgan fingerprint density at radius 2 is 0.568 bits per heavy atom. The molecule has 0 saturated heterocycles. The maximum absolute atomic E-state index is 2.60. The van der Waals surface area contributed by atoms with Gasteiger partial charge in [0.05, 0.1) is 34.1 Å². The number of para-hydroxylation sites is 4. The third kappa shape index (κ3) is 7.99. The minimum atomic E-state index is 0.230. The van der Waals surface area contributed by atoms with Crippen molar-refractivity contribution in [3.05, 3.63) is 265 Å². The summed E-state index contributed by atoms with van der Waals surface area (Å²) in [6.45, 7) is 14.0. The lowest BCUT2D eigenvalue weighted by molar-refractivity contribution is 0.875. The molecule has 2 heteroatoms. The van der Waals surface area contributed by atoms with E-state index in [4.69, 9.17) is 0 Å². The predicted molar refractivity (Wildman–Crippen MR) is 319 cm³/mol. The van der Waals surface area contributed by atoms with Gasteiger partial charge in [0, 0.05) is 33.0 Å². The van der Waals surface area contributed by atoms with Crippen LogP contribution in [-0.2, 0) is 0 Å². The second kappa shape index (κ2) is 19.4. The molecule has 358 valence electrons. The molecule has 2 nitrogen and oxygen atoms in total. The van der Waals surface area contributed by atoms with Crippen molar-refractivity contribution >= 4 is 66.4 Å². The zero-order valence-electron chi connectivity index (χ0n) is 43.1. The summed E-state index contributed by atoms with van der Waals surface area (Å²) in [5.74, 6) is 0.461. The molecule has 74 heavy (non-hydrogen) atoms. The van der Waals surface area contributed by atoms with Crippen LogP contribution in [-0.4, -0.2) is 0 Å². The highest BCUT2D eigenvalue weighted by molar-refractivity contribution is 6.30. The van der Waals surface area contributed by atoms with E-state index in [-0.39, 0.29) is 11.8 Å². The standard InChI is InChI=1S/C72H60N2/c1-47(2)63-45-67(73(65-39-21-19-35-55(65)51-27-11-7-12-28-51)71-49(5)25-23-37-57(71)53-31-15-9-16-32-53)61-44-42-60-64(48(3)4)46-68(62-43-41-59(63)69(61)70(60)62)74(66-40-22-20-36-56(66)52-29-13-8-14-30-52)72-50(6)26-24-38-58(72)54-33-17-10-18-34-54/h7-48H,1-6H3. The third-order valence-corrected chi connectivity index (χ3v) is 15.2. The summed E-state index contributed by atoms with van der Waals surface area (Å²) in [5.41, 5.74) is 21.5. The fourth-order valence-electron chi connectivity index (χ4n) is 11.7. The highest BCUT2D eigenvalue weighted by Gasteiger charge is 2.30. The second-order valence-corrected chi connectivity index (χ2v) is 20.5. The Bertz CT molecular complexity index is 3710. The van der Waals surface area contributed by atoms with Gasteiger partial charge in [-0.25, -0.2) is 0 Å². The molecule has 0 aliphatic rings. The van der Waals surface area contributed by atoms with E-state index in [1.54, 1.807) is 0 Å². The smallest absolute Gasteiger partial charge is 0.0569 e. The zero-order valence-corrected chi connectivity index (χ0v) is 43.1. The first-order valence-electron chi connectivity index (χ1n) is 26.2. The molecule has 0 N–H and O–H groups in total. The van der Waals surface area contributed by atoms with Crippen molar-refractivity contribution in [2.45, 2.75) is 53.4 Å². The van der Waals surface area contributed by atoms with Crippen LogP contribution in [0.1, 0.15) is 61.8 Å². The van der Waals surface area contributed by atoms with Crippen LogP contribution in [0.25, 0.3) is 76.8 Å². The van der Waals surface area contributed by atoms with Crippen molar-refractivity contribution in [1.29, 1.82) is 0 Å². The topological polar surface area (TPSA) is 6.48 Å². The lowest BCUT2D eigenvalue weighted by Gasteiger charge is -2.35. The number of anilines is 6. The lowest BCUT2D eigenvalue weighted by atomic mass is 9.83. The number of hydrogen-bond donors (Lipinski definition) is 0. The maximum atomic E-state index is 2.60. The van der Waals surface area contributed by atoms with Gasteiger partial charge in [-0.1, -0.05) is 246 Å². The van der Waals surface area contributed by atoms with Gasteiger partial charge in [0.25, 0.3) is 0 Å². The van der Waals surface area contributed by atoms with E-state index in [1.807, 2.05) is 0 Å². The van der Waals surface area contributed by atoms with Gasteiger partial charge >= 0.3 is 0 Å². The summed E-state index contributed by atoms with van der Waals surface area (Å²) in [6.07, 6.45) is 0. The molecule has 0 fully saturated rings. The van der Waals surface area contributed by atoms with Gasteiger partial charge in [0.1, 0.15) is 0 Å². The van der Waals surface area contributed by atoms with E-state index in [1.165, 1.54) is 122 Å². The van der Waals surface area contributed by atoms with Crippen LogP contribution in [0.3, 0.4) is 0 Å². The van der Waals surface area contributed by atoms with Crippen LogP contribution >= 0.6 is 0 Å². The number of aryl methyl sites for hydroxylation is 2. The summed E-state index contributed by atoms with van der Waals surface area (Å²) in [7, 11) is 0. The van der Waals surface area contributed by atoms with E-state index < -0.39 is 0 Å². The first-order chi connectivity index (χ1) is 36.3. The average molecular weight is 953 g/mol. The van der Waals surface area contributed by atoms with Gasteiger partial charge in [-0.15, -0.1) is 0 Å². The predicted octanol–water partition coefficient (Wildman–Crippen LogP) is 21.1. The summed E-state index contributed by atoms with van der Waals surface area (Å²) in [5, 5.41) is 7.63. The van der Waals surface area contributed by atoms with Gasteiger partial charge in [-0.05, 0) is 116 Å². The molecular formula is C72H60N2. The Hall–Kier alpha value is -8.72. The molecule has 0 heterocycles. The number of hydrogen-bond acceptors (Lipinski definition) is 2. The minimum absolute atomic E-state index is 0.230. The number of rotatable bonds is 12. The molecule has 0 aliphatic carbocycles. The Kier molecular flexibility index (Phi) is 12.1. The van der Waals surface area contributed by atoms with Gasteiger partial charge in [-0.3, -0.25) is 0 Å². The van der Waals surface area contributed by atoms with Crippen LogP contribution in [0.4, 0.5) is 34.1 Å².